The zero-order valence-corrected chi connectivity index (χ0v) is 24.8. The van der Waals surface area contributed by atoms with E-state index in [1.807, 2.05) is 0 Å². The monoisotopic (exact) mass is 453 g/mol. The van der Waals surface area contributed by atoms with Crippen LogP contribution in [-0.4, -0.2) is 0 Å². The highest BCUT2D eigenvalue weighted by molar-refractivity contribution is 4.91. The minimum atomic E-state index is 0. The lowest BCUT2D eigenvalue weighted by molar-refractivity contribution is 0.0934. The van der Waals surface area contributed by atoms with Gasteiger partial charge in [-0.3, -0.25) is 0 Å². The van der Waals surface area contributed by atoms with E-state index in [1.54, 1.807) is 0 Å². The Labute approximate surface area is 207 Å². The highest BCUT2D eigenvalue weighted by Crippen LogP contribution is 2.51. The Morgan fingerprint density at radius 1 is 0.594 bits per heavy atom. The quantitative estimate of drug-likeness (QED) is 0.397. The maximum atomic E-state index is 2.40. The molecule has 3 rings (SSSR count). The van der Waals surface area contributed by atoms with E-state index in [0.717, 1.165) is 40.4 Å². The molecule has 0 bridgehead atoms. The van der Waals surface area contributed by atoms with Crippen LogP contribution >= 0.6 is 0 Å². The molecular weight excluding hydrogens is 384 g/mol. The Kier molecular flexibility index (Phi) is 14.1. The van der Waals surface area contributed by atoms with Crippen LogP contribution in [0.3, 0.4) is 0 Å². The van der Waals surface area contributed by atoms with Crippen molar-refractivity contribution in [1.29, 1.82) is 0 Å². The highest BCUT2D eigenvalue weighted by Gasteiger charge is 2.40. The Balaban J connectivity index is 0. The molecule has 3 aliphatic carbocycles. The van der Waals surface area contributed by atoms with E-state index in [9.17, 15) is 0 Å². The molecule has 3 saturated carbocycles. The highest BCUT2D eigenvalue weighted by atomic mass is 14.5. The molecular formula is C32H68. The van der Waals surface area contributed by atoms with Gasteiger partial charge >= 0.3 is 0 Å². The third-order valence-corrected chi connectivity index (χ3v) is 10.2. The molecule has 0 atom stereocenters. The summed E-state index contributed by atoms with van der Waals surface area (Å²) in [6, 6.07) is 0. The first-order valence-electron chi connectivity index (χ1n) is 13.8. The van der Waals surface area contributed by atoms with Gasteiger partial charge in [-0.25, -0.2) is 0 Å². The van der Waals surface area contributed by atoms with Gasteiger partial charge in [0, 0.05) is 0 Å². The summed E-state index contributed by atoms with van der Waals surface area (Å²) in [5.74, 6) is 4.50. The molecule has 0 radical (unpaired) electrons. The van der Waals surface area contributed by atoms with E-state index in [2.05, 4.69) is 104 Å². The molecule has 0 heteroatoms. The van der Waals surface area contributed by atoms with Crippen molar-refractivity contribution < 1.29 is 0 Å². The van der Waals surface area contributed by atoms with E-state index < -0.39 is 0 Å². The van der Waals surface area contributed by atoms with Crippen LogP contribution in [0.15, 0.2) is 0 Å². The molecule has 0 unspecified atom stereocenters. The summed E-state index contributed by atoms with van der Waals surface area (Å²) in [5, 5.41) is 0. The van der Waals surface area contributed by atoms with Gasteiger partial charge < -0.3 is 0 Å². The van der Waals surface area contributed by atoms with E-state index in [-0.39, 0.29) is 7.43 Å². The molecule has 32 heavy (non-hydrogen) atoms. The molecule has 3 fully saturated rings. The Bertz CT molecular complexity index is 457. The van der Waals surface area contributed by atoms with Gasteiger partial charge in [0.15, 0.2) is 0 Å². The summed E-state index contributed by atoms with van der Waals surface area (Å²) < 4.78 is 0. The molecule has 3 aliphatic rings. The van der Waals surface area contributed by atoms with Crippen molar-refractivity contribution in [2.45, 2.75) is 156 Å². The Hall–Kier alpha value is 0. The minimum absolute atomic E-state index is 0. The second kappa shape index (κ2) is 13.2. The minimum Gasteiger partial charge on any atom is -0.0776 e. The van der Waals surface area contributed by atoms with Gasteiger partial charge in [0.05, 0.1) is 0 Å². The van der Waals surface area contributed by atoms with Gasteiger partial charge in [0.25, 0.3) is 0 Å². The fourth-order valence-electron chi connectivity index (χ4n) is 3.39. The largest absolute Gasteiger partial charge is 0.0776 e. The van der Waals surface area contributed by atoms with Crippen molar-refractivity contribution in [3.63, 3.8) is 0 Å². The summed E-state index contributed by atoms with van der Waals surface area (Å²) in [6.45, 7) is 34.8. The van der Waals surface area contributed by atoms with Crippen LogP contribution in [0, 0.1) is 51.2 Å². The zero-order chi connectivity index (χ0) is 24.8. The van der Waals surface area contributed by atoms with Crippen LogP contribution in [0.5, 0.6) is 0 Å². The SMILES string of the molecule is C.CC(C)C(C)(C)C.CC(C)C(C)(C)C1CC1.CC(C)C1(C)CC1.CC(C)C1(C)CCC1. The van der Waals surface area contributed by atoms with Crippen LogP contribution in [-0.2, 0) is 0 Å². The maximum absolute atomic E-state index is 2.40. The normalized spacial score (nSPS) is 20.7. The number of hydrogen-bond donors (Lipinski definition) is 0. The topological polar surface area (TPSA) is 0 Å². The molecule has 0 nitrogen and oxygen atoms in total. The zero-order valence-electron chi connectivity index (χ0n) is 24.8. The third-order valence-electron chi connectivity index (χ3n) is 10.2. The maximum Gasteiger partial charge on any atom is -0.0302 e. The predicted octanol–water partition coefficient (Wildman–Crippen LogP) is 11.7. The second-order valence-electron chi connectivity index (χ2n) is 14.7. The van der Waals surface area contributed by atoms with Crippen molar-refractivity contribution in [3.8, 4) is 0 Å². The van der Waals surface area contributed by atoms with E-state index in [4.69, 9.17) is 0 Å². The van der Waals surface area contributed by atoms with Crippen molar-refractivity contribution in [2.75, 3.05) is 0 Å². The first kappa shape index (κ1) is 34.2. The van der Waals surface area contributed by atoms with Crippen LogP contribution in [0.2, 0.25) is 0 Å². The van der Waals surface area contributed by atoms with Crippen molar-refractivity contribution in [3.05, 3.63) is 0 Å². The fraction of sp³-hybridized carbons (Fsp3) is 1.00. The van der Waals surface area contributed by atoms with Crippen LogP contribution in [0.4, 0.5) is 0 Å². The average Bonchev–Trinajstić information content (AvgIpc) is 3.48. The molecule has 0 saturated heterocycles. The van der Waals surface area contributed by atoms with E-state index in [1.165, 1.54) is 44.9 Å². The summed E-state index contributed by atoms with van der Waals surface area (Å²) in [6.07, 6.45) is 10.3. The Morgan fingerprint density at radius 2 is 0.906 bits per heavy atom. The first-order valence-corrected chi connectivity index (χ1v) is 13.8. The third kappa shape index (κ3) is 11.9. The lowest BCUT2D eigenvalue weighted by Gasteiger charge is -2.42. The molecule has 0 amide bonds. The summed E-state index contributed by atoms with van der Waals surface area (Å²) in [5.41, 5.74) is 2.58. The van der Waals surface area contributed by atoms with Gasteiger partial charge in [-0.05, 0) is 89.8 Å². The molecule has 0 aromatic carbocycles. The molecule has 0 heterocycles. The van der Waals surface area contributed by atoms with Crippen molar-refractivity contribution in [2.24, 2.45) is 51.2 Å². The predicted molar refractivity (Wildman–Crippen MR) is 151 cm³/mol. The van der Waals surface area contributed by atoms with Gasteiger partial charge in [-0.1, -0.05) is 118 Å². The van der Waals surface area contributed by atoms with Crippen molar-refractivity contribution >= 4 is 0 Å². The smallest absolute Gasteiger partial charge is 0.0302 e. The standard InChI is InChI=1S/C9H18.C8H16.C7H14.C7H16.CH4/c1-7(2)9(3,4)8-5-6-8;1-7(2)8(3)5-4-6-8;1-6(2)7(3)4-5-7;1-6(2)7(3,4)5;/h7-8H,5-6H2,1-4H3;7H,4-6H2,1-3H3;6H,4-5H2,1-3H3;6H,1-5H3;1H4. The van der Waals surface area contributed by atoms with Gasteiger partial charge in [-0.2, -0.15) is 0 Å². The second-order valence-corrected chi connectivity index (χ2v) is 14.7. The summed E-state index contributed by atoms with van der Waals surface area (Å²) >= 11 is 0. The molecule has 0 aliphatic heterocycles. The summed E-state index contributed by atoms with van der Waals surface area (Å²) in [7, 11) is 0. The van der Waals surface area contributed by atoms with Crippen molar-refractivity contribution in [1.82, 2.24) is 0 Å². The Morgan fingerprint density at radius 3 is 0.938 bits per heavy atom. The van der Waals surface area contributed by atoms with Gasteiger partial charge in [0.2, 0.25) is 0 Å². The van der Waals surface area contributed by atoms with Crippen LogP contribution in [0.1, 0.15) is 156 Å². The molecule has 0 aromatic rings. The van der Waals surface area contributed by atoms with E-state index in [0.29, 0.717) is 10.8 Å². The lowest BCUT2D eigenvalue weighted by Crippen LogP contribution is -2.30. The van der Waals surface area contributed by atoms with Crippen LogP contribution < -0.4 is 0 Å². The fourth-order valence-corrected chi connectivity index (χ4v) is 3.39. The molecule has 196 valence electrons. The molecule has 0 aromatic heterocycles. The van der Waals surface area contributed by atoms with Gasteiger partial charge in [-0.15, -0.1) is 0 Å². The van der Waals surface area contributed by atoms with E-state index >= 15 is 0 Å². The number of hydrogen-bond acceptors (Lipinski definition) is 0. The summed E-state index contributed by atoms with van der Waals surface area (Å²) in [4.78, 5) is 0. The molecule has 0 spiro atoms. The molecule has 0 N–H and O–H groups in total. The van der Waals surface area contributed by atoms with Gasteiger partial charge in [0.1, 0.15) is 0 Å². The van der Waals surface area contributed by atoms with Crippen LogP contribution in [0.25, 0.3) is 0 Å². The average molecular weight is 453 g/mol. The first-order chi connectivity index (χ1) is 13.8. The lowest BCUT2D eigenvalue weighted by atomic mass is 9.64. The number of rotatable bonds is 4.